The number of hydrogen-bond donors (Lipinski definition) is 1. The summed E-state index contributed by atoms with van der Waals surface area (Å²) in [4.78, 5) is 22.0. The molecule has 1 fully saturated rings. The maximum atomic E-state index is 13.9. The lowest BCUT2D eigenvalue weighted by atomic mass is 10.1. The number of rotatable bonds is 4. The Hall–Kier alpha value is -1.98. The molecule has 1 amide bonds. The Morgan fingerprint density at radius 1 is 1.58 bits per heavy atom. The fourth-order valence-electron chi connectivity index (χ4n) is 2.14. The van der Waals surface area contributed by atoms with Gasteiger partial charge in [-0.25, -0.2) is 4.39 Å². The van der Waals surface area contributed by atoms with Crippen LogP contribution in [0.2, 0.25) is 0 Å². The summed E-state index contributed by atoms with van der Waals surface area (Å²) < 4.78 is 13.9. The third-order valence-corrected chi connectivity index (χ3v) is 3.46. The molecule has 1 N–H and O–H groups in total. The number of nitrogens with zero attached hydrogens (tertiary/aromatic N) is 1. The molecule has 1 aromatic rings. The smallest absolute Gasteiger partial charge is 0.270 e. The van der Waals surface area contributed by atoms with E-state index in [0.717, 1.165) is 25.0 Å². The number of benzene rings is 1. The number of halogens is 1. The molecule has 0 bridgehead atoms. The molecule has 1 saturated carbocycles. The lowest BCUT2D eigenvalue weighted by Gasteiger charge is -2.07. The van der Waals surface area contributed by atoms with Gasteiger partial charge in [0.2, 0.25) is 0 Å². The highest BCUT2D eigenvalue weighted by Gasteiger charge is 2.37. The van der Waals surface area contributed by atoms with Gasteiger partial charge in [-0.1, -0.05) is 13.3 Å². The number of nitro benzene ring substituents is 1. The summed E-state index contributed by atoms with van der Waals surface area (Å²) in [6.45, 7) is 3.43. The molecular weight excluding hydrogens is 251 g/mol. The maximum absolute atomic E-state index is 13.9. The number of non-ortho nitro benzene ring substituents is 1. The van der Waals surface area contributed by atoms with Crippen LogP contribution in [-0.2, 0) is 0 Å². The van der Waals surface area contributed by atoms with Crippen molar-refractivity contribution in [2.24, 2.45) is 5.92 Å². The van der Waals surface area contributed by atoms with E-state index in [1.54, 1.807) is 0 Å². The van der Waals surface area contributed by atoms with Gasteiger partial charge in [0, 0.05) is 18.2 Å². The van der Waals surface area contributed by atoms with Gasteiger partial charge in [-0.2, -0.15) is 0 Å². The standard InChI is InChI=1S/C13H15FN2O3/c1-3-8-5-11(8)15-13(17)10-6-9(16(18)19)4-7(2)12(10)14/h4,6,8,11H,3,5H2,1-2H3,(H,15,17). The first-order valence-electron chi connectivity index (χ1n) is 6.19. The molecule has 0 aliphatic heterocycles. The van der Waals surface area contributed by atoms with Crippen molar-refractivity contribution < 1.29 is 14.1 Å². The van der Waals surface area contributed by atoms with Gasteiger partial charge >= 0.3 is 0 Å². The van der Waals surface area contributed by atoms with Gasteiger partial charge in [0.1, 0.15) is 5.82 Å². The van der Waals surface area contributed by atoms with Crippen LogP contribution in [0, 0.1) is 28.8 Å². The van der Waals surface area contributed by atoms with E-state index in [0.29, 0.717) is 5.92 Å². The minimum absolute atomic E-state index is 0.0662. The molecule has 2 atom stereocenters. The highest BCUT2D eigenvalue weighted by molar-refractivity contribution is 5.95. The molecule has 0 heterocycles. The summed E-state index contributed by atoms with van der Waals surface area (Å²) in [5, 5.41) is 13.4. The lowest BCUT2D eigenvalue weighted by molar-refractivity contribution is -0.385. The van der Waals surface area contributed by atoms with Crippen molar-refractivity contribution in [2.75, 3.05) is 0 Å². The Bertz CT molecular complexity index is 545. The SMILES string of the molecule is CCC1CC1NC(=O)c1cc([N+](=O)[O-])cc(C)c1F. The zero-order chi connectivity index (χ0) is 14.2. The number of carbonyl (C=O) groups is 1. The van der Waals surface area contributed by atoms with E-state index in [1.165, 1.54) is 6.92 Å². The Morgan fingerprint density at radius 3 is 2.79 bits per heavy atom. The molecule has 0 spiro atoms. The Morgan fingerprint density at radius 2 is 2.26 bits per heavy atom. The van der Waals surface area contributed by atoms with Gasteiger partial charge in [0.25, 0.3) is 11.6 Å². The van der Waals surface area contributed by atoms with Crippen LogP contribution in [0.4, 0.5) is 10.1 Å². The molecule has 0 aromatic heterocycles. The van der Waals surface area contributed by atoms with Gasteiger partial charge in [-0.3, -0.25) is 14.9 Å². The van der Waals surface area contributed by atoms with Gasteiger partial charge < -0.3 is 5.32 Å². The summed E-state index contributed by atoms with van der Waals surface area (Å²) >= 11 is 0. The molecule has 1 aromatic carbocycles. The quantitative estimate of drug-likeness (QED) is 0.672. The van der Waals surface area contributed by atoms with Crippen LogP contribution in [0.5, 0.6) is 0 Å². The predicted octanol–water partition coefficient (Wildman–Crippen LogP) is 2.57. The molecule has 1 aliphatic rings. The van der Waals surface area contributed by atoms with E-state index in [4.69, 9.17) is 0 Å². The molecule has 0 radical (unpaired) electrons. The molecule has 0 saturated heterocycles. The van der Waals surface area contributed by atoms with E-state index in [1.807, 2.05) is 6.92 Å². The fourth-order valence-corrected chi connectivity index (χ4v) is 2.14. The predicted molar refractivity (Wildman–Crippen MR) is 67.4 cm³/mol. The number of carbonyl (C=O) groups excluding carboxylic acids is 1. The number of hydrogen-bond acceptors (Lipinski definition) is 3. The average molecular weight is 266 g/mol. The van der Waals surface area contributed by atoms with E-state index in [2.05, 4.69) is 5.32 Å². The van der Waals surface area contributed by atoms with E-state index >= 15 is 0 Å². The molecule has 102 valence electrons. The molecule has 2 unspecified atom stereocenters. The minimum atomic E-state index is -0.697. The van der Waals surface area contributed by atoms with Gasteiger partial charge in [-0.05, 0) is 24.8 Å². The number of nitro groups is 1. The highest BCUT2D eigenvalue weighted by atomic mass is 19.1. The second-order valence-electron chi connectivity index (χ2n) is 4.87. The van der Waals surface area contributed by atoms with Crippen LogP contribution >= 0.6 is 0 Å². The zero-order valence-corrected chi connectivity index (χ0v) is 10.8. The number of nitrogens with one attached hydrogen (secondary N) is 1. The summed E-state index contributed by atoms with van der Waals surface area (Å²) in [5.41, 5.74) is -0.428. The number of amides is 1. The van der Waals surface area contributed by atoms with Crippen LogP contribution in [0.25, 0.3) is 0 Å². The first-order valence-corrected chi connectivity index (χ1v) is 6.19. The summed E-state index contributed by atoms with van der Waals surface area (Å²) in [6, 6.07) is 2.18. The van der Waals surface area contributed by atoms with Crippen molar-refractivity contribution in [2.45, 2.75) is 32.7 Å². The zero-order valence-electron chi connectivity index (χ0n) is 10.8. The van der Waals surface area contributed by atoms with Gasteiger partial charge in [-0.15, -0.1) is 0 Å². The van der Waals surface area contributed by atoms with Crippen molar-refractivity contribution >= 4 is 11.6 Å². The van der Waals surface area contributed by atoms with Gasteiger partial charge in [0.05, 0.1) is 10.5 Å². The molecule has 19 heavy (non-hydrogen) atoms. The lowest BCUT2D eigenvalue weighted by Crippen LogP contribution is -2.28. The third-order valence-electron chi connectivity index (χ3n) is 3.46. The molecular formula is C13H15FN2O3. The minimum Gasteiger partial charge on any atom is -0.349 e. The van der Waals surface area contributed by atoms with Crippen LogP contribution in [-0.4, -0.2) is 16.9 Å². The monoisotopic (exact) mass is 266 g/mol. The second kappa shape index (κ2) is 4.95. The molecule has 5 nitrogen and oxygen atoms in total. The normalized spacial score (nSPS) is 21.0. The van der Waals surface area contributed by atoms with Crippen LogP contribution in [0.15, 0.2) is 12.1 Å². The summed E-state index contributed by atoms with van der Waals surface area (Å²) in [7, 11) is 0. The van der Waals surface area contributed by atoms with E-state index < -0.39 is 16.6 Å². The van der Waals surface area contributed by atoms with E-state index in [-0.39, 0.29) is 22.9 Å². The third kappa shape index (κ3) is 2.72. The first kappa shape index (κ1) is 13.5. The molecule has 6 heteroatoms. The largest absolute Gasteiger partial charge is 0.349 e. The molecule has 2 rings (SSSR count). The Balaban J connectivity index is 2.23. The Labute approximate surface area is 110 Å². The second-order valence-corrected chi connectivity index (χ2v) is 4.87. The van der Waals surface area contributed by atoms with Crippen molar-refractivity contribution in [1.29, 1.82) is 0 Å². The van der Waals surface area contributed by atoms with Crippen molar-refractivity contribution in [1.82, 2.24) is 5.32 Å². The van der Waals surface area contributed by atoms with Crippen molar-refractivity contribution in [3.63, 3.8) is 0 Å². The number of aryl methyl sites for hydroxylation is 1. The fraction of sp³-hybridized carbons (Fsp3) is 0.462. The van der Waals surface area contributed by atoms with Crippen molar-refractivity contribution in [3.05, 3.63) is 39.2 Å². The van der Waals surface area contributed by atoms with Crippen molar-refractivity contribution in [3.8, 4) is 0 Å². The summed E-state index contributed by atoms with van der Waals surface area (Å²) in [5.74, 6) is -0.839. The maximum Gasteiger partial charge on any atom is 0.270 e. The van der Waals surface area contributed by atoms with E-state index in [9.17, 15) is 19.3 Å². The van der Waals surface area contributed by atoms with Crippen LogP contribution in [0.1, 0.15) is 35.7 Å². The first-order chi connectivity index (χ1) is 8.93. The Kier molecular flexibility index (Phi) is 3.50. The summed E-state index contributed by atoms with van der Waals surface area (Å²) in [6.07, 6.45) is 1.85. The van der Waals surface area contributed by atoms with Crippen LogP contribution in [0.3, 0.4) is 0 Å². The molecule has 1 aliphatic carbocycles. The highest BCUT2D eigenvalue weighted by Crippen LogP contribution is 2.33. The topological polar surface area (TPSA) is 72.2 Å². The average Bonchev–Trinajstić information content (AvgIpc) is 3.10. The van der Waals surface area contributed by atoms with Crippen LogP contribution < -0.4 is 5.32 Å². The van der Waals surface area contributed by atoms with Gasteiger partial charge in [0.15, 0.2) is 0 Å².